The van der Waals surface area contributed by atoms with Crippen molar-refractivity contribution in [1.82, 2.24) is 0 Å². The van der Waals surface area contributed by atoms with Gasteiger partial charge in [0.25, 0.3) is 0 Å². The standard InChI is InChI=1S/C12H16ClF/c1-3-4-10-5-6-11(13)7-12(10)9(2)8-14/h5-7,9H,3-4,8H2,1-2H3. The first-order chi connectivity index (χ1) is 6.69. The zero-order valence-corrected chi connectivity index (χ0v) is 9.44. The first-order valence-electron chi connectivity index (χ1n) is 5.03. The molecule has 0 N–H and O–H groups in total. The van der Waals surface area contributed by atoms with Crippen molar-refractivity contribution < 1.29 is 4.39 Å². The van der Waals surface area contributed by atoms with Crippen LogP contribution in [0.3, 0.4) is 0 Å². The van der Waals surface area contributed by atoms with E-state index < -0.39 is 0 Å². The summed E-state index contributed by atoms with van der Waals surface area (Å²) in [6.07, 6.45) is 2.07. The van der Waals surface area contributed by atoms with Crippen LogP contribution in [0.4, 0.5) is 4.39 Å². The summed E-state index contributed by atoms with van der Waals surface area (Å²) >= 11 is 5.90. The maximum atomic E-state index is 12.6. The highest BCUT2D eigenvalue weighted by Gasteiger charge is 2.10. The Morgan fingerprint density at radius 2 is 2.14 bits per heavy atom. The highest BCUT2D eigenvalue weighted by atomic mass is 35.5. The number of benzene rings is 1. The largest absolute Gasteiger partial charge is 0.250 e. The third-order valence-corrected chi connectivity index (χ3v) is 2.62. The average molecular weight is 215 g/mol. The summed E-state index contributed by atoms with van der Waals surface area (Å²) in [6, 6.07) is 5.77. The van der Waals surface area contributed by atoms with Crippen molar-refractivity contribution in [1.29, 1.82) is 0 Å². The molecule has 1 unspecified atom stereocenters. The molecule has 0 fully saturated rings. The number of hydrogen-bond donors (Lipinski definition) is 0. The van der Waals surface area contributed by atoms with E-state index in [-0.39, 0.29) is 12.6 Å². The van der Waals surface area contributed by atoms with Gasteiger partial charge in [-0.15, -0.1) is 0 Å². The van der Waals surface area contributed by atoms with Crippen molar-refractivity contribution in [2.24, 2.45) is 0 Å². The minimum absolute atomic E-state index is 0.0461. The van der Waals surface area contributed by atoms with E-state index >= 15 is 0 Å². The monoisotopic (exact) mass is 214 g/mol. The van der Waals surface area contributed by atoms with Crippen LogP contribution in [0.25, 0.3) is 0 Å². The normalized spacial score (nSPS) is 12.9. The Balaban J connectivity index is 3.02. The van der Waals surface area contributed by atoms with Crippen molar-refractivity contribution in [3.8, 4) is 0 Å². The van der Waals surface area contributed by atoms with Gasteiger partial charge >= 0.3 is 0 Å². The van der Waals surface area contributed by atoms with Crippen LogP contribution >= 0.6 is 11.6 Å². The molecule has 0 aliphatic carbocycles. The smallest absolute Gasteiger partial charge is 0.0960 e. The molecule has 1 rings (SSSR count). The van der Waals surface area contributed by atoms with Gasteiger partial charge < -0.3 is 0 Å². The highest BCUT2D eigenvalue weighted by molar-refractivity contribution is 6.30. The Morgan fingerprint density at radius 1 is 1.43 bits per heavy atom. The molecule has 0 aromatic heterocycles. The van der Waals surface area contributed by atoms with E-state index in [1.165, 1.54) is 5.56 Å². The van der Waals surface area contributed by atoms with E-state index in [0.29, 0.717) is 5.02 Å². The molecule has 0 heterocycles. The van der Waals surface area contributed by atoms with Gasteiger partial charge in [0, 0.05) is 10.9 Å². The number of rotatable bonds is 4. The van der Waals surface area contributed by atoms with Crippen molar-refractivity contribution >= 4 is 11.6 Å². The molecule has 0 bridgehead atoms. The number of aryl methyl sites for hydroxylation is 1. The van der Waals surface area contributed by atoms with Crippen LogP contribution in [0.1, 0.15) is 37.3 Å². The Kier molecular flexibility index (Phi) is 4.40. The lowest BCUT2D eigenvalue weighted by molar-refractivity contribution is 0.445. The summed E-state index contributed by atoms with van der Waals surface area (Å²) in [7, 11) is 0. The molecule has 14 heavy (non-hydrogen) atoms. The first-order valence-corrected chi connectivity index (χ1v) is 5.41. The average Bonchev–Trinajstić information content (AvgIpc) is 2.20. The molecule has 0 saturated heterocycles. The molecule has 1 atom stereocenters. The Labute approximate surface area is 90.1 Å². The second-order valence-electron chi connectivity index (χ2n) is 3.65. The molecule has 0 aliphatic rings. The molecule has 78 valence electrons. The van der Waals surface area contributed by atoms with Crippen LogP contribution < -0.4 is 0 Å². The molecule has 1 aromatic rings. The number of hydrogen-bond acceptors (Lipinski definition) is 0. The van der Waals surface area contributed by atoms with Gasteiger partial charge in [-0.2, -0.15) is 0 Å². The SMILES string of the molecule is CCCc1ccc(Cl)cc1C(C)CF. The molecule has 0 spiro atoms. The predicted molar refractivity (Wildman–Crippen MR) is 59.8 cm³/mol. The van der Waals surface area contributed by atoms with Gasteiger partial charge in [0.2, 0.25) is 0 Å². The Hall–Kier alpha value is -0.560. The van der Waals surface area contributed by atoms with Crippen molar-refractivity contribution in [2.75, 3.05) is 6.67 Å². The maximum absolute atomic E-state index is 12.6. The molecule has 0 saturated carbocycles. The van der Waals surface area contributed by atoms with Gasteiger partial charge in [-0.25, -0.2) is 0 Å². The van der Waals surface area contributed by atoms with Crippen LogP contribution in [0.2, 0.25) is 5.02 Å². The fraction of sp³-hybridized carbons (Fsp3) is 0.500. The maximum Gasteiger partial charge on any atom is 0.0960 e. The molecular weight excluding hydrogens is 199 g/mol. The van der Waals surface area contributed by atoms with Crippen molar-refractivity contribution in [3.63, 3.8) is 0 Å². The quantitative estimate of drug-likeness (QED) is 0.699. The number of halogens is 2. The van der Waals surface area contributed by atoms with Gasteiger partial charge in [0.05, 0.1) is 6.67 Å². The van der Waals surface area contributed by atoms with E-state index in [0.717, 1.165) is 18.4 Å². The summed E-state index contributed by atoms with van der Waals surface area (Å²) in [5, 5.41) is 0.695. The predicted octanol–water partition coefficient (Wildman–Crippen LogP) is 4.37. The zero-order chi connectivity index (χ0) is 10.6. The Morgan fingerprint density at radius 3 is 2.71 bits per heavy atom. The lowest BCUT2D eigenvalue weighted by Gasteiger charge is -2.13. The van der Waals surface area contributed by atoms with E-state index in [1.807, 2.05) is 25.1 Å². The van der Waals surface area contributed by atoms with Gasteiger partial charge in [0.15, 0.2) is 0 Å². The molecule has 0 amide bonds. The first kappa shape index (κ1) is 11.5. The summed E-state index contributed by atoms with van der Waals surface area (Å²) < 4.78 is 12.6. The minimum atomic E-state index is -0.322. The molecule has 0 nitrogen and oxygen atoms in total. The van der Waals surface area contributed by atoms with Crippen LogP contribution in [0.15, 0.2) is 18.2 Å². The Bertz CT molecular complexity index is 296. The fourth-order valence-corrected chi connectivity index (χ4v) is 1.79. The minimum Gasteiger partial charge on any atom is -0.250 e. The van der Waals surface area contributed by atoms with Crippen LogP contribution in [-0.4, -0.2) is 6.67 Å². The number of alkyl halides is 1. The molecular formula is C12H16ClF. The van der Waals surface area contributed by atoms with Crippen LogP contribution in [0.5, 0.6) is 0 Å². The highest BCUT2D eigenvalue weighted by Crippen LogP contribution is 2.25. The summed E-state index contributed by atoms with van der Waals surface area (Å²) in [6.45, 7) is 3.69. The molecule has 0 radical (unpaired) electrons. The topological polar surface area (TPSA) is 0 Å². The molecule has 0 aliphatic heterocycles. The summed E-state index contributed by atoms with van der Waals surface area (Å²) in [4.78, 5) is 0. The van der Waals surface area contributed by atoms with Crippen molar-refractivity contribution in [3.05, 3.63) is 34.3 Å². The molecule has 2 heteroatoms. The van der Waals surface area contributed by atoms with E-state index in [2.05, 4.69) is 6.92 Å². The van der Waals surface area contributed by atoms with E-state index in [9.17, 15) is 4.39 Å². The fourth-order valence-electron chi connectivity index (χ4n) is 1.60. The second-order valence-corrected chi connectivity index (χ2v) is 4.08. The summed E-state index contributed by atoms with van der Waals surface area (Å²) in [5.41, 5.74) is 2.28. The lowest BCUT2D eigenvalue weighted by Crippen LogP contribution is -2.01. The third kappa shape index (κ3) is 2.71. The molecule has 1 aromatic carbocycles. The zero-order valence-electron chi connectivity index (χ0n) is 8.69. The lowest BCUT2D eigenvalue weighted by atomic mass is 9.94. The van der Waals surface area contributed by atoms with Crippen LogP contribution in [0, 0.1) is 0 Å². The third-order valence-electron chi connectivity index (χ3n) is 2.39. The van der Waals surface area contributed by atoms with Gasteiger partial charge in [-0.05, 0) is 29.7 Å². The second kappa shape index (κ2) is 5.35. The summed E-state index contributed by atoms with van der Waals surface area (Å²) in [5.74, 6) is -0.0461. The van der Waals surface area contributed by atoms with Crippen molar-refractivity contribution in [2.45, 2.75) is 32.6 Å². The van der Waals surface area contributed by atoms with Gasteiger partial charge in [-0.3, -0.25) is 4.39 Å². The van der Waals surface area contributed by atoms with Gasteiger partial charge in [0.1, 0.15) is 0 Å². The van der Waals surface area contributed by atoms with Gasteiger partial charge in [-0.1, -0.05) is 37.9 Å². The van der Waals surface area contributed by atoms with Crippen LogP contribution in [-0.2, 0) is 6.42 Å². The van der Waals surface area contributed by atoms with E-state index in [1.54, 1.807) is 0 Å². The van der Waals surface area contributed by atoms with E-state index in [4.69, 9.17) is 11.6 Å².